The van der Waals surface area contributed by atoms with E-state index < -0.39 is 0 Å². The molecule has 0 aromatic heterocycles. The molecule has 0 spiro atoms. The summed E-state index contributed by atoms with van der Waals surface area (Å²) in [5, 5.41) is 0. The van der Waals surface area contributed by atoms with E-state index in [0.717, 1.165) is 45.1 Å². The van der Waals surface area contributed by atoms with Crippen molar-refractivity contribution in [3.63, 3.8) is 0 Å². The van der Waals surface area contributed by atoms with Gasteiger partial charge in [0, 0.05) is 6.61 Å². The van der Waals surface area contributed by atoms with Gasteiger partial charge in [0.2, 0.25) is 0 Å². The molecule has 1 heterocycles. The Bertz CT molecular complexity index is 248. The van der Waals surface area contributed by atoms with Crippen LogP contribution in [0.1, 0.15) is 44.9 Å². The fraction of sp³-hybridized carbons (Fsp3) is 0.923. The summed E-state index contributed by atoms with van der Waals surface area (Å²) in [6.45, 7) is 0.803. The molecule has 1 saturated heterocycles. The highest BCUT2D eigenvalue weighted by Crippen LogP contribution is 2.29. The fourth-order valence-corrected chi connectivity index (χ4v) is 2.68. The minimum Gasteiger partial charge on any atom is -0.469 e. The van der Waals surface area contributed by atoms with Crippen molar-refractivity contribution >= 4 is 5.97 Å². The lowest BCUT2D eigenvalue weighted by molar-refractivity contribution is -0.197. The lowest BCUT2D eigenvalue weighted by atomic mass is 9.87. The maximum atomic E-state index is 11.5. The van der Waals surface area contributed by atoms with Crippen molar-refractivity contribution in [3.8, 4) is 0 Å². The Labute approximate surface area is 103 Å². The van der Waals surface area contributed by atoms with Gasteiger partial charge in [-0.2, -0.15) is 0 Å². The van der Waals surface area contributed by atoms with Crippen molar-refractivity contribution in [1.82, 2.24) is 0 Å². The van der Waals surface area contributed by atoms with Gasteiger partial charge in [-0.05, 0) is 38.5 Å². The van der Waals surface area contributed by atoms with Crippen molar-refractivity contribution in [2.24, 2.45) is 5.92 Å². The van der Waals surface area contributed by atoms with Crippen LogP contribution in [0.3, 0.4) is 0 Å². The summed E-state index contributed by atoms with van der Waals surface area (Å²) >= 11 is 0. The maximum absolute atomic E-state index is 11.5. The predicted octanol–water partition coefficient (Wildman–Crippen LogP) is 2.26. The molecule has 0 bridgehead atoms. The SMILES string of the molecule is COC(=O)C1CCCC(OC2CCCCO2)C1. The molecule has 1 aliphatic carbocycles. The molecule has 0 aromatic carbocycles. The molecular weight excluding hydrogens is 220 g/mol. The third-order valence-corrected chi connectivity index (χ3v) is 3.64. The summed E-state index contributed by atoms with van der Waals surface area (Å²) in [5.74, 6) is -0.0785. The van der Waals surface area contributed by atoms with Gasteiger partial charge in [0.25, 0.3) is 0 Å². The molecule has 0 amide bonds. The summed E-state index contributed by atoms with van der Waals surface area (Å²) < 4.78 is 16.3. The lowest BCUT2D eigenvalue weighted by Crippen LogP contribution is -2.33. The van der Waals surface area contributed by atoms with E-state index in [0.29, 0.717) is 0 Å². The topological polar surface area (TPSA) is 44.8 Å². The predicted molar refractivity (Wildman–Crippen MR) is 62.4 cm³/mol. The van der Waals surface area contributed by atoms with Crippen molar-refractivity contribution < 1.29 is 19.0 Å². The van der Waals surface area contributed by atoms with Crippen LogP contribution in [0.2, 0.25) is 0 Å². The van der Waals surface area contributed by atoms with Gasteiger partial charge in [-0.15, -0.1) is 0 Å². The monoisotopic (exact) mass is 242 g/mol. The minimum absolute atomic E-state index is 0.0161. The molecule has 4 nitrogen and oxygen atoms in total. The normalized spacial score (nSPS) is 34.3. The van der Waals surface area contributed by atoms with E-state index in [4.69, 9.17) is 14.2 Å². The van der Waals surface area contributed by atoms with Crippen molar-refractivity contribution in [2.75, 3.05) is 13.7 Å². The first-order valence-corrected chi connectivity index (χ1v) is 6.64. The average Bonchev–Trinajstić information content (AvgIpc) is 2.39. The van der Waals surface area contributed by atoms with Crippen LogP contribution in [-0.2, 0) is 19.0 Å². The van der Waals surface area contributed by atoms with Crippen molar-refractivity contribution in [3.05, 3.63) is 0 Å². The summed E-state index contributed by atoms with van der Waals surface area (Å²) in [6, 6.07) is 0. The first-order valence-electron chi connectivity index (χ1n) is 6.64. The molecule has 17 heavy (non-hydrogen) atoms. The largest absolute Gasteiger partial charge is 0.469 e. The van der Waals surface area contributed by atoms with Gasteiger partial charge in [-0.25, -0.2) is 0 Å². The number of rotatable bonds is 3. The summed E-state index contributed by atoms with van der Waals surface area (Å²) in [6.07, 6.45) is 7.20. The van der Waals surface area contributed by atoms with Crippen molar-refractivity contribution in [1.29, 1.82) is 0 Å². The van der Waals surface area contributed by atoms with Crippen LogP contribution in [0.4, 0.5) is 0 Å². The summed E-state index contributed by atoms with van der Waals surface area (Å²) in [7, 11) is 1.46. The number of hydrogen-bond acceptors (Lipinski definition) is 4. The first kappa shape index (κ1) is 12.8. The highest BCUT2D eigenvalue weighted by atomic mass is 16.7. The maximum Gasteiger partial charge on any atom is 0.308 e. The first-order chi connectivity index (χ1) is 8.29. The highest BCUT2D eigenvalue weighted by molar-refractivity contribution is 5.72. The zero-order chi connectivity index (χ0) is 12.1. The lowest BCUT2D eigenvalue weighted by Gasteiger charge is -2.32. The van der Waals surface area contributed by atoms with E-state index in [-0.39, 0.29) is 24.3 Å². The van der Waals surface area contributed by atoms with Gasteiger partial charge in [0.15, 0.2) is 6.29 Å². The number of carbonyl (C=O) groups excluding carboxylic acids is 1. The molecule has 2 aliphatic rings. The van der Waals surface area contributed by atoms with E-state index in [9.17, 15) is 4.79 Å². The Morgan fingerprint density at radius 1 is 1.18 bits per heavy atom. The molecule has 2 rings (SSSR count). The smallest absolute Gasteiger partial charge is 0.308 e. The van der Waals surface area contributed by atoms with E-state index in [1.54, 1.807) is 0 Å². The van der Waals surface area contributed by atoms with Crippen LogP contribution >= 0.6 is 0 Å². The van der Waals surface area contributed by atoms with Gasteiger partial charge in [0.1, 0.15) is 0 Å². The number of methoxy groups -OCH3 is 1. The van der Waals surface area contributed by atoms with Crippen LogP contribution in [0.15, 0.2) is 0 Å². The van der Waals surface area contributed by atoms with Gasteiger partial charge >= 0.3 is 5.97 Å². The molecular formula is C13H22O4. The molecule has 0 N–H and O–H groups in total. The Morgan fingerprint density at radius 2 is 2.06 bits per heavy atom. The Hall–Kier alpha value is -0.610. The van der Waals surface area contributed by atoms with Gasteiger partial charge in [-0.1, -0.05) is 6.42 Å². The van der Waals surface area contributed by atoms with E-state index >= 15 is 0 Å². The molecule has 2 fully saturated rings. The molecule has 4 heteroatoms. The molecule has 3 unspecified atom stereocenters. The van der Waals surface area contributed by atoms with Crippen LogP contribution < -0.4 is 0 Å². The molecule has 98 valence electrons. The zero-order valence-electron chi connectivity index (χ0n) is 10.5. The third kappa shape index (κ3) is 3.68. The van der Waals surface area contributed by atoms with Gasteiger partial charge in [-0.3, -0.25) is 4.79 Å². The Kier molecular flexibility index (Phi) is 4.80. The van der Waals surface area contributed by atoms with Crippen LogP contribution in [-0.4, -0.2) is 32.1 Å². The second kappa shape index (κ2) is 6.36. The summed E-state index contributed by atoms with van der Waals surface area (Å²) in [4.78, 5) is 11.5. The van der Waals surface area contributed by atoms with Crippen LogP contribution in [0.25, 0.3) is 0 Å². The second-order valence-electron chi connectivity index (χ2n) is 4.94. The molecule has 1 saturated carbocycles. The van der Waals surface area contributed by atoms with E-state index in [2.05, 4.69) is 0 Å². The molecule has 0 aromatic rings. The van der Waals surface area contributed by atoms with Crippen LogP contribution in [0, 0.1) is 5.92 Å². The Morgan fingerprint density at radius 3 is 2.76 bits per heavy atom. The molecule has 1 aliphatic heterocycles. The van der Waals surface area contributed by atoms with Gasteiger partial charge in [0.05, 0.1) is 19.1 Å². The highest BCUT2D eigenvalue weighted by Gasteiger charge is 2.30. The number of esters is 1. The second-order valence-corrected chi connectivity index (χ2v) is 4.94. The number of ether oxygens (including phenoxy) is 3. The quantitative estimate of drug-likeness (QED) is 0.712. The van der Waals surface area contributed by atoms with E-state index in [1.807, 2.05) is 0 Å². The van der Waals surface area contributed by atoms with Gasteiger partial charge < -0.3 is 14.2 Å². The standard InChI is InChI=1S/C13H22O4/c1-15-13(14)10-5-4-6-11(9-10)17-12-7-2-3-8-16-12/h10-12H,2-9H2,1H3. The fourth-order valence-electron chi connectivity index (χ4n) is 2.68. The summed E-state index contributed by atoms with van der Waals surface area (Å²) in [5.41, 5.74) is 0. The van der Waals surface area contributed by atoms with Crippen LogP contribution in [0.5, 0.6) is 0 Å². The third-order valence-electron chi connectivity index (χ3n) is 3.64. The number of hydrogen-bond donors (Lipinski definition) is 0. The molecule has 0 radical (unpaired) electrons. The molecule has 3 atom stereocenters. The zero-order valence-corrected chi connectivity index (χ0v) is 10.5. The van der Waals surface area contributed by atoms with Crippen molar-refractivity contribution in [2.45, 2.75) is 57.3 Å². The Balaban J connectivity index is 1.78. The average molecular weight is 242 g/mol. The van der Waals surface area contributed by atoms with E-state index in [1.165, 1.54) is 13.5 Å². The number of carbonyl (C=O) groups is 1. The minimum atomic E-state index is -0.0946.